The van der Waals surface area contributed by atoms with Crippen LogP contribution in [0.5, 0.6) is 0 Å². The van der Waals surface area contributed by atoms with Crippen molar-refractivity contribution in [2.24, 2.45) is 11.3 Å². The first-order valence-electron chi connectivity index (χ1n) is 8.58. The molecule has 2 atom stereocenters. The van der Waals surface area contributed by atoms with Crippen molar-refractivity contribution < 1.29 is 9.53 Å². The molecule has 3 heteroatoms. The van der Waals surface area contributed by atoms with Gasteiger partial charge in [0.1, 0.15) is 6.10 Å². The quantitative estimate of drug-likeness (QED) is 0.722. The van der Waals surface area contributed by atoms with Crippen LogP contribution in [0.1, 0.15) is 59.3 Å². The van der Waals surface area contributed by atoms with Gasteiger partial charge < -0.3 is 9.64 Å². The summed E-state index contributed by atoms with van der Waals surface area (Å²) in [4.78, 5) is 14.6. The second-order valence-electron chi connectivity index (χ2n) is 7.27. The number of hydrogen-bond acceptors (Lipinski definition) is 2. The molecule has 0 aromatic carbocycles. The van der Waals surface area contributed by atoms with Crippen LogP contribution in [0.25, 0.3) is 0 Å². The fourth-order valence-corrected chi connectivity index (χ4v) is 3.52. The molecule has 2 aliphatic rings. The van der Waals surface area contributed by atoms with E-state index in [9.17, 15) is 4.79 Å². The van der Waals surface area contributed by atoms with Gasteiger partial charge in [0.05, 0.1) is 0 Å². The summed E-state index contributed by atoms with van der Waals surface area (Å²) in [5.41, 5.74) is 0.348. The predicted octanol–water partition coefficient (Wildman–Crippen LogP) is 3.79. The van der Waals surface area contributed by atoms with Gasteiger partial charge in [-0.1, -0.05) is 26.0 Å². The van der Waals surface area contributed by atoms with Crippen molar-refractivity contribution in [3.8, 4) is 0 Å². The normalized spacial score (nSPS) is 27.3. The zero-order valence-electron chi connectivity index (χ0n) is 13.9. The molecule has 0 unspecified atom stereocenters. The molecule has 1 aliphatic heterocycles. The molecule has 1 amide bonds. The summed E-state index contributed by atoms with van der Waals surface area (Å²) in [5.74, 6) is 0.812. The van der Waals surface area contributed by atoms with Crippen molar-refractivity contribution in [3.05, 3.63) is 12.2 Å². The molecule has 120 valence electrons. The molecule has 1 heterocycles. The minimum absolute atomic E-state index is 0.187. The van der Waals surface area contributed by atoms with Gasteiger partial charge in [0.25, 0.3) is 5.91 Å². The molecular weight excluding hydrogens is 262 g/mol. The molecule has 0 radical (unpaired) electrons. The number of rotatable bonds is 5. The third-order valence-electron chi connectivity index (χ3n) is 4.94. The van der Waals surface area contributed by atoms with E-state index in [2.05, 4.69) is 30.9 Å². The third kappa shape index (κ3) is 4.57. The molecule has 1 saturated heterocycles. The number of carbonyl (C=O) groups is 1. The summed E-state index contributed by atoms with van der Waals surface area (Å²) in [6.07, 6.45) is 11.3. The highest BCUT2D eigenvalue weighted by Gasteiger charge is 2.37. The lowest BCUT2D eigenvalue weighted by molar-refractivity contribution is -0.146. The van der Waals surface area contributed by atoms with Gasteiger partial charge in [0.15, 0.2) is 0 Å². The van der Waals surface area contributed by atoms with E-state index in [1.165, 1.54) is 19.3 Å². The predicted molar refractivity (Wildman–Crippen MR) is 86.1 cm³/mol. The first kappa shape index (κ1) is 16.5. The topological polar surface area (TPSA) is 29.5 Å². The fourth-order valence-electron chi connectivity index (χ4n) is 3.52. The lowest BCUT2D eigenvalue weighted by Crippen LogP contribution is -2.49. The molecule has 0 N–H and O–H groups in total. The number of hydrogen-bond donors (Lipinski definition) is 0. The van der Waals surface area contributed by atoms with Crippen LogP contribution in [0.4, 0.5) is 0 Å². The van der Waals surface area contributed by atoms with E-state index in [-0.39, 0.29) is 12.0 Å². The maximum atomic E-state index is 12.6. The molecule has 0 aromatic heterocycles. The summed E-state index contributed by atoms with van der Waals surface area (Å²) in [7, 11) is 0. The molecule has 21 heavy (non-hydrogen) atoms. The second kappa shape index (κ2) is 7.44. The maximum absolute atomic E-state index is 12.6. The largest absolute Gasteiger partial charge is 0.369 e. The van der Waals surface area contributed by atoms with Gasteiger partial charge in [-0.05, 0) is 56.8 Å². The molecule has 2 rings (SSSR count). The Morgan fingerprint density at radius 3 is 2.76 bits per heavy atom. The van der Waals surface area contributed by atoms with E-state index in [0.29, 0.717) is 17.9 Å². The number of nitrogens with zero attached hydrogens (tertiary/aromatic N) is 1. The average molecular weight is 293 g/mol. The summed E-state index contributed by atoms with van der Waals surface area (Å²) in [5, 5.41) is 0. The highest BCUT2D eigenvalue weighted by molar-refractivity contribution is 5.80. The molecule has 0 aromatic rings. The maximum Gasteiger partial charge on any atom is 0.251 e. The van der Waals surface area contributed by atoms with E-state index in [0.717, 1.165) is 32.4 Å². The Morgan fingerprint density at radius 2 is 2.10 bits per heavy atom. The zero-order valence-corrected chi connectivity index (χ0v) is 13.9. The number of carbonyl (C=O) groups excluding carboxylic acids is 1. The zero-order chi connectivity index (χ0) is 15.3. The molecule has 1 fully saturated rings. The van der Waals surface area contributed by atoms with Crippen molar-refractivity contribution in [3.63, 3.8) is 0 Å². The lowest BCUT2D eigenvalue weighted by atomic mass is 9.71. The van der Waals surface area contributed by atoms with E-state index >= 15 is 0 Å². The highest BCUT2D eigenvalue weighted by Crippen LogP contribution is 2.40. The Balaban J connectivity index is 1.85. The molecule has 1 spiro atoms. The summed E-state index contributed by atoms with van der Waals surface area (Å²) in [6.45, 7) is 8.79. The van der Waals surface area contributed by atoms with Gasteiger partial charge in [-0.3, -0.25) is 4.79 Å². The van der Waals surface area contributed by atoms with Crippen molar-refractivity contribution >= 4 is 5.91 Å². The standard InChI is InChI=1S/C18H31NO2/c1-15(2)8-13-21-16(3)17(20)19-12-7-11-18(14-19)9-5-4-6-10-18/h4-5,15-16H,6-14H2,1-3H3/t16-,18-/m0/s1. The SMILES string of the molecule is CC(C)CCO[C@@H](C)C(=O)N1CCC[C@@]2(CC=CCC2)C1. The van der Waals surface area contributed by atoms with Gasteiger partial charge >= 0.3 is 0 Å². The van der Waals surface area contributed by atoms with E-state index in [4.69, 9.17) is 4.74 Å². The van der Waals surface area contributed by atoms with Crippen LogP contribution in [0.3, 0.4) is 0 Å². The lowest BCUT2D eigenvalue weighted by Gasteiger charge is -2.44. The van der Waals surface area contributed by atoms with Crippen molar-refractivity contribution in [1.82, 2.24) is 4.90 Å². The first-order valence-corrected chi connectivity index (χ1v) is 8.58. The van der Waals surface area contributed by atoms with Gasteiger partial charge in [-0.2, -0.15) is 0 Å². The monoisotopic (exact) mass is 293 g/mol. The van der Waals surface area contributed by atoms with Crippen LogP contribution in [0.2, 0.25) is 0 Å². The molecule has 0 saturated carbocycles. The van der Waals surface area contributed by atoms with Crippen LogP contribution < -0.4 is 0 Å². The van der Waals surface area contributed by atoms with Crippen molar-refractivity contribution in [1.29, 1.82) is 0 Å². The number of ether oxygens (including phenoxy) is 1. The number of allylic oxidation sites excluding steroid dienone is 2. The third-order valence-corrected chi connectivity index (χ3v) is 4.94. The summed E-state index contributed by atoms with van der Waals surface area (Å²) in [6, 6.07) is 0. The van der Waals surface area contributed by atoms with Gasteiger partial charge in [-0.15, -0.1) is 0 Å². The Labute approximate surface area is 129 Å². The smallest absolute Gasteiger partial charge is 0.251 e. The Kier molecular flexibility index (Phi) is 5.86. The minimum atomic E-state index is -0.293. The van der Waals surface area contributed by atoms with Crippen LogP contribution in [-0.4, -0.2) is 36.6 Å². The first-order chi connectivity index (χ1) is 10.0. The number of likely N-dealkylation sites (tertiary alicyclic amines) is 1. The molecular formula is C18H31NO2. The van der Waals surface area contributed by atoms with Crippen molar-refractivity contribution in [2.75, 3.05) is 19.7 Å². The Bertz CT molecular complexity index is 377. The average Bonchev–Trinajstić information content (AvgIpc) is 2.47. The summed E-state index contributed by atoms with van der Waals surface area (Å²) < 4.78 is 5.74. The Hall–Kier alpha value is -0.830. The highest BCUT2D eigenvalue weighted by atomic mass is 16.5. The van der Waals surface area contributed by atoms with E-state index in [1.54, 1.807) is 0 Å². The van der Waals surface area contributed by atoms with Crippen molar-refractivity contribution in [2.45, 2.75) is 65.4 Å². The molecule has 0 bridgehead atoms. The number of amides is 1. The van der Waals surface area contributed by atoms with Crippen LogP contribution >= 0.6 is 0 Å². The summed E-state index contributed by atoms with van der Waals surface area (Å²) >= 11 is 0. The van der Waals surface area contributed by atoms with E-state index in [1.807, 2.05) is 6.92 Å². The van der Waals surface area contributed by atoms with Crippen LogP contribution in [-0.2, 0) is 9.53 Å². The van der Waals surface area contributed by atoms with Gasteiger partial charge in [0, 0.05) is 19.7 Å². The molecule has 1 aliphatic carbocycles. The van der Waals surface area contributed by atoms with Crippen LogP contribution in [0, 0.1) is 11.3 Å². The molecule has 3 nitrogen and oxygen atoms in total. The van der Waals surface area contributed by atoms with E-state index < -0.39 is 0 Å². The fraction of sp³-hybridized carbons (Fsp3) is 0.833. The minimum Gasteiger partial charge on any atom is -0.369 e. The van der Waals surface area contributed by atoms with Crippen LogP contribution in [0.15, 0.2) is 12.2 Å². The van der Waals surface area contributed by atoms with Gasteiger partial charge in [-0.25, -0.2) is 0 Å². The number of piperidine rings is 1. The van der Waals surface area contributed by atoms with Gasteiger partial charge in [0.2, 0.25) is 0 Å². The Morgan fingerprint density at radius 1 is 1.29 bits per heavy atom. The second-order valence-corrected chi connectivity index (χ2v) is 7.27.